The third-order valence-electron chi connectivity index (χ3n) is 4.34. The van der Waals surface area contributed by atoms with Crippen LogP contribution >= 0.6 is 0 Å². The van der Waals surface area contributed by atoms with Gasteiger partial charge in [0.2, 0.25) is 0 Å². The van der Waals surface area contributed by atoms with E-state index in [4.69, 9.17) is 0 Å². The summed E-state index contributed by atoms with van der Waals surface area (Å²) in [6.07, 6.45) is 1.62. The Morgan fingerprint density at radius 2 is 2.00 bits per heavy atom. The number of carbonyl (C=O) groups excluding carboxylic acids is 1. The molecule has 2 aliphatic rings. The molecule has 0 amide bonds. The van der Waals surface area contributed by atoms with Crippen LogP contribution in [0.2, 0.25) is 0 Å². The molecule has 17 heavy (non-hydrogen) atoms. The van der Waals surface area contributed by atoms with Gasteiger partial charge in [-0.15, -0.1) is 0 Å². The standard InChI is InChI=1S/C14H22O3/c1-8(2)9-4-5-11(15)10-6-7-14(3,17)13(16)12(9)10/h8-9,13,16-17H,4-7H2,1-3H3/t9?,13-,14+/m0/s1. The minimum Gasteiger partial charge on any atom is -0.387 e. The molecule has 0 aromatic carbocycles. The molecule has 0 saturated heterocycles. The van der Waals surface area contributed by atoms with Gasteiger partial charge in [-0.1, -0.05) is 13.8 Å². The van der Waals surface area contributed by atoms with Crippen molar-refractivity contribution in [2.45, 2.75) is 58.2 Å². The second kappa shape index (κ2) is 4.21. The minimum atomic E-state index is -1.08. The number of ketones is 1. The summed E-state index contributed by atoms with van der Waals surface area (Å²) in [6, 6.07) is 0. The molecule has 0 saturated carbocycles. The van der Waals surface area contributed by atoms with Gasteiger partial charge in [0.25, 0.3) is 0 Å². The summed E-state index contributed by atoms with van der Waals surface area (Å²) in [4.78, 5) is 11.9. The third kappa shape index (κ3) is 2.06. The molecular weight excluding hydrogens is 216 g/mol. The van der Waals surface area contributed by atoms with Gasteiger partial charge in [-0.25, -0.2) is 0 Å². The van der Waals surface area contributed by atoms with E-state index in [0.717, 1.165) is 17.6 Å². The average Bonchev–Trinajstić information content (AvgIpc) is 2.24. The first-order chi connectivity index (χ1) is 7.84. The van der Waals surface area contributed by atoms with Crippen molar-refractivity contribution in [1.29, 1.82) is 0 Å². The topological polar surface area (TPSA) is 57.5 Å². The van der Waals surface area contributed by atoms with E-state index >= 15 is 0 Å². The molecule has 0 spiro atoms. The normalized spacial score (nSPS) is 38.6. The Bertz CT molecular complexity index is 362. The Morgan fingerprint density at radius 3 is 2.59 bits per heavy atom. The number of Topliss-reactive ketones (excluding diaryl/α,β-unsaturated/α-hetero) is 1. The summed E-state index contributed by atoms with van der Waals surface area (Å²) in [5.41, 5.74) is 0.547. The van der Waals surface area contributed by atoms with Gasteiger partial charge in [0.1, 0.15) is 6.10 Å². The molecule has 2 aliphatic carbocycles. The molecule has 3 atom stereocenters. The second-order valence-corrected chi connectivity index (χ2v) is 6.01. The Balaban J connectivity index is 2.45. The zero-order valence-corrected chi connectivity index (χ0v) is 10.9. The van der Waals surface area contributed by atoms with E-state index in [1.165, 1.54) is 0 Å². The van der Waals surface area contributed by atoms with Crippen molar-refractivity contribution in [3.05, 3.63) is 11.1 Å². The lowest BCUT2D eigenvalue weighted by molar-refractivity contribution is -0.118. The first-order valence-electron chi connectivity index (χ1n) is 6.51. The van der Waals surface area contributed by atoms with E-state index in [1.54, 1.807) is 6.92 Å². The molecule has 0 radical (unpaired) electrons. The van der Waals surface area contributed by atoms with Crippen molar-refractivity contribution in [3.63, 3.8) is 0 Å². The maximum absolute atomic E-state index is 11.9. The minimum absolute atomic E-state index is 0.173. The summed E-state index contributed by atoms with van der Waals surface area (Å²) >= 11 is 0. The van der Waals surface area contributed by atoms with Crippen LogP contribution in [0.15, 0.2) is 11.1 Å². The fourth-order valence-corrected chi connectivity index (χ4v) is 3.17. The van der Waals surface area contributed by atoms with Gasteiger partial charge in [0, 0.05) is 6.42 Å². The predicted octanol–water partition coefficient (Wildman–Crippen LogP) is 1.82. The number of hydrogen-bond acceptors (Lipinski definition) is 3. The zero-order chi connectivity index (χ0) is 12.8. The van der Waals surface area contributed by atoms with E-state index in [1.807, 2.05) is 0 Å². The molecule has 2 rings (SSSR count). The molecule has 96 valence electrons. The lowest BCUT2D eigenvalue weighted by Gasteiger charge is -2.43. The number of rotatable bonds is 1. The van der Waals surface area contributed by atoms with Gasteiger partial charge in [0.05, 0.1) is 5.60 Å². The van der Waals surface area contributed by atoms with Gasteiger partial charge in [0.15, 0.2) is 5.78 Å². The predicted molar refractivity (Wildman–Crippen MR) is 65.5 cm³/mol. The number of aliphatic hydroxyl groups excluding tert-OH is 1. The van der Waals surface area contributed by atoms with Crippen LogP contribution in [0.3, 0.4) is 0 Å². The summed E-state index contributed by atoms with van der Waals surface area (Å²) in [5.74, 6) is 0.813. The molecule has 2 N–H and O–H groups in total. The van der Waals surface area contributed by atoms with Crippen LogP contribution in [0.4, 0.5) is 0 Å². The van der Waals surface area contributed by atoms with Crippen LogP contribution in [0.1, 0.15) is 46.5 Å². The maximum atomic E-state index is 11.9. The lowest BCUT2D eigenvalue weighted by Crippen LogP contribution is -2.48. The largest absolute Gasteiger partial charge is 0.387 e. The maximum Gasteiger partial charge on any atom is 0.158 e. The van der Waals surface area contributed by atoms with Crippen LogP contribution in [0.25, 0.3) is 0 Å². The molecule has 0 aromatic rings. The van der Waals surface area contributed by atoms with Crippen molar-refractivity contribution in [2.75, 3.05) is 0 Å². The number of hydrogen-bond donors (Lipinski definition) is 2. The highest BCUT2D eigenvalue weighted by Crippen LogP contribution is 2.44. The summed E-state index contributed by atoms with van der Waals surface area (Å²) in [7, 11) is 0. The molecule has 0 fully saturated rings. The van der Waals surface area contributed by atoms with Crippen molar-refractivity contribution < 1.29 is 15.0 Å². The van der Waals surface area contributed by atoms with Crippen LogP contribution in [-0.2, 0) is 4.79 Å². The molecule has 0 aromatic heterocycles. The SMILES string of the molecule is CC(C)C1CCC(=O)C2=C1[C@H](O)[C@](C)(O)CC2. The summed E-state index contributed by atoms with van der Waals surface area (Å²) < 4.78 is 0. The molecule has 1 unspecified atom stereocenters. The fraction of sp³-hybridized carbons (Fsp3) is 0.786. The van der Waals surface area contributed by atoms with Crippen LogP contribution in [-0.4, -0.2) is 27.7 Å². The fourth-order valence-electron chi connectivity index (χ4n) is 3.17. The monoisotopic (exact) mass is 238 g/mol. The number of allylic oxidation sites excluding steroid dienone is 1. The Kier molecular flexibility index (Phi) is 3.17. The van der Waals surface area contributed by atoms with E-state index in [0.29, 0.717) is 25.2 Å². The Labute approximate surface area is 103 Å². The van der Waals surface area contributed by atoms with Crippen LogP contribution in [0, 0.1) is 11.8 Å². The molecule has 0 heterocycles. The molecular formula is C14H22O3. The zero-order valence-electron chi connectivity index (χ0n) is 10.9. The molecule has 0 aliphatic heterocycles. The molecule has 3 heteroatoms. The quantitative estimate of drug-likeness (QED) is 0.732. The highest BCUT2D eigenvalue weighted by Gasteiger charge is 2.44. The Hall–Kier alpha value is -0.670. The van der Waals surface area contributed by atoms with Crippen molar-refractivity contribution in [3.8, 4) is 0 Å². The van der Waals surface area contributed by atoms with E-state index in [9.17, 15) is 15.0 Å². The van der Waals surface area contributed by atoms with E-state index in [-0.39, 0.29) is 11.7 Å². The van der Waals surface area contributed by atoms with Crippen molar-refractivity contribution in [2.24, 2.45) is 11.8 Å². The van der Waals surface area contributed by atoms with Gasteiger partial charge in [-0.2, -0.15) is 0 Å². The van der Waals surface area contributed by atoms with Crippen LogP contribution in [0.5, 0.6) is 0 Å². The third-order valence-corrected chi connectivity index (χ3v) is 4.34. The Morgan fingerprint density at radius 1 is 1.35 bits per heavy atom. The van der Waals surface area contributed by atoms with Gasteiger partial charge in [-0.3, -0.25) is 4.79 Å². The van der Waals surface area contributed by atoms with Crippen LogP contribution < -0.4 is 0 Å². The summed E-state index contributed by atoms with van der Waals surface area (Å²) in [5, 5.41) is 20.5. The molecule has 0 bridgehead atoms. The van der Waals surface area contributed by atoms with Gasteiger partial charge in [-0.05, 0) is 49.2 Å². The number of carbonyl (C=O) groups is 1. The van der Waals surface area contributed by atoms with Gasteiger partial charge >= 0.3 is 0 Å². The average molecular weight is 238 g/mol. The smallest absolute Gasteiger partial charge is 0.158 e. The highest BCUT2D eigenvalue weighted by atomic mass is 16.3. The van der Waals surface area contributed by atoms with Crippen molar-refractivity contribution >= 4 is 5.78 Å². The second-order valence-electron chi connectivity index (χ2n) is 6.01. The van der Waals surface area contributed by atoms with E-state index in [2.05, 4.69) is 13.8 Å². The first-order valence-corrected chi connectivity index (χ1v) is 6.51. The van der Waals surface area contributed by atoms with Crippen molar-refractivity contribution in [1.82, 2.24) is 0 Å². The van der Waals surface area contributed by atoms with Gasteiger partial charge < -0.3 is 10.2 Å². The summed E-state index contributed by atoms with van der Waals surface area (Å²) in [6.45, 7) is 5.89. The first kappa shape index (κ1) is 12.8. The lowest BCUT2D eigenvalue weighted by atomic mass is 9.66. The molecule has 3 nitrogen and oxygen atoms in total. The van der Waals surface area contributed by atoms with E-state index < -0.39 is 11.7 Å². The number of aliphatic hydroxyl groups is 2. The highest BCUT2D eigenvalue weighted by molar-refractivity contribution is 5.97.